The maximum Gasteiger partial charge on any atom is 0.270 e. The fourth-order valence-electron chi connectivity index (χ4n) is 2.35. The third-order valence-corrected chi connectivity index (χ3v) is 3.78. The number of amides is 2. The highest BCUT2D eigenvalue weighted by atomic mass is 19.1. The van der Waals surface area contributed by atoms with Crippen molar-refractivity contribution >= 4 is 11.8 Å². The standard InChI is InChI=1S/C20H17FN4O2/c21-16-6-4-14(5-7-16)12-24-19(26)15-8-10-23-18(11-15)20(27)25-13-17-3-1-2-9-22-17/h1-11H,12-13H2,(H,24,26)(H,25,27). The third-order valence-electron chi connectivity index (χ3n) is 3.78. The van der Waals surface area contributed by atoms with E-state index in [0.717, 1.165) is 11.3 Å². The minimum Gasteiger partial charge on any atom is -0.348 e. The van der Waals surface area contributed by atoms with Gasteiger partial charge in [0.05, 0.1) is 12.2 Å². The van der Waals surface area contributed by atoms with Crippen LogP contribution < -0.4 is 10.6 Å². The predicted octanol–water partition coefficient (Wildman–Crippen LogP) is 2.48. The Kier molecular flexibility index (Phi) is 5.84. The molecule has 0 unspecified atom stereocenters. The fraction of sp³-hybridized carbons (Fsp3) is 0.100. The highest BCUT2D eigenvalue weighted by Gasteiger charge is 2.12. The summed E-state index contributed by atoms with van der Waals surface area (Å²) in [6.45, 7) is 0.519. The average Bonchev–Trinajstić information content (AvgIpc) is 2.72. The van der Waals surface area contributed by atoms with Crippen LogP contribution in [0.25, 0.3) is 0 Å². The molecule has 2 amide bonds. The van der Waals surface area contributed by atoms with Crippen molar-refractivity contribution in [2.75, 3.05) is 0 Å². The normalized spacial score (nSPS) is 10.3. The van der Waals surface area contributed by atoms with Gasteiger partial charge < -0.3 is 10.6 Å². The predicted molar refractivity (Wildman–Crippen MR) is 97.2 cm³/mol. The number of rotatable bonds is 6. The van der Waals surface area contributed by atoms with Crippen molar-refractivity contribution in [1.29, 1.82) is 0 Å². The van der Waals surface area contributed by atoms with Crippen molar-refractivity contribution in [2.24, 2.45) is 0 Å². The van der Waals surface area contributed by atoms with E-state index in [9.17, 15) is 14.0 Å². The highest BCUT2D eigenvalue weighted by Crippen LogP contribution is 2.05. The summed E-state index contributed by atoms with van der Waals surface area (Å²) in [7, 11) is 0. The molecule has 3 aromatic rings. The topological polar surface area (TPSA) is 84.0 Å². The molecule has 27 heavy (non-hydrogen) atoms. The molecule has 136 valence electrons. The van der Waals surface area contributed by atoms with Crippen LogP contribution in [0.4, 0.5) is 4.39 Å². The Hall–Kier alpha value is -3.61. The Morgan fingerprint density at radius 2 is 1.63 bits per heavy atom. The molecule has 0 saturated heterocycles. The fourth-order valence-corrected chi connectivity index (χ4v) is 2.35. The van der Waals surface area contributed by atoms with Crippen LogP contribution in [0, 0.1) is 5.82 Å². The molecule has 2 heterocycles. The van der Waals surface area contributed by atoms with Crippen LogP contribution in [-0.2, 0) is 13.1 Å². The van der Waals surface area contributed by atoms with Crippen molar-refractivity contribution in [2.45, 2.75) is 13.1 Å². The molecule has 2 N–H and O–H groups in total. The number of nitrogens with zero attached hydrogens (tertiary/aromatic N) is 2. The lowest BCUT2D eigenvalue weighted by molar-refractivity contribution is 0.0945. The summed E-state index contributed by atoms with van der Waals surface area (Å²) in [6, 6.07) is 14.2. The van der Waals surface area contributed by atoms with Gasteiger partial charge in [0.25, 0.3) is 11.8 Å². The first-order valence-corrected chi connectivity index (χ1v) is 8.28. The SMILES string of the molecule is O=C(NCc1ccc(F)cc1)c1ccnc(C(=O)NCc2ccccn2)c1. The van der Waals surface area contributed by atoms with Crippen molar-refractivity contribution in [3.8, 4) is 0 Å². The van der Waals surface area contributed by atoms with Crippen LogP contribution in [0.3, 0.4) is 0 Å². The van der Waals surface area contributed by atoms with Gasteiger partial charge in [0.1, 0.15) is 11.5 Å². The first-order valence-electron chi connectivity index (χ1n) is 8.28. The number of halogens is 1. The molecule has 0 bridgehead atoms. The minimum atomic E-state index is -0.395. The van der Waals surface area contributed by atoms with Crippen LogP contribution in [0.2, 0.25) is 0 Å². The Morgan fingerprint density at radius 3 is 2.37 bits per heavy atom. The molecule has 0 aliphatic rings. The van der Waals surface area contributed by atoms with E-state index in [4.69, 9.17) is 0 Å². The number of pyridine rings is 2. The Labute approximate surface area is 155 Å². The van der Waals surface area contributed by atoms with Gasteiger partial charge in [-0.2, -0.15) is 0 Å². The molecular weight excluding hydrogens is 347 g/mol. The van der Waals surface area contributed by atoms with Crippen LogP contribution in [-0.4, -0.2) is 21.8 Å². The molecule has 6 nitrogen and oxygen atoms in total. The van der Waals surface area contributed by atoms with E-state index in [1.165, 1.54) is 30.5 Å². The molecule has 0 fully saturated rings. The van der Waals surface area contributed by atoms with Crippen LogP contribution >= 0.6 is 0 Å². The molecule has 0 aliphatic heterocycles. The first-order chi connectivity index (χ1) is 13.1. The van der Waals surface area contributed by atoms with Gasteiger partial charge in [-0.05, 0) is 42.0 Å². The number of nitrogens with one attached hydrogen (secondary N) is 2. The molecule has 1 aromatic carbocycles. The van der Waals surface area contributed by atoms with Crippen molar-refractivity contribution in [3.05, 3.63) is 95.3 Å². The minimum absolute atomic E-state index is 0.139. The van der Waals surface area contributed by atoms with E-state index in [0.29, 0.717) is 5.56 Å². The van der Waals surface area contributed by atoms with Crippen molar-refractivity contribution in [1.82, 2.24) is 20.6 Å². The number of aromatic nitrogens is 2. The number of carbonyl (C=O) groups excluding carboxylic acids is 2. The average molecular weight is 364 g/mol. The Balaban J connectivity index is 1.59. The van der Waals surface area contributed by atoms with E-state index in [-0.39, 0.29) is 30.5 Å². The van der Waals surface area contributed by atoms with Gasteiger partial charge in [0, 0.05) is 24.5 Å². The number of carbonyl (C=O) groups is 2. The van der Waals surface area contributed by atoms with Crippen LogP contribution in [0.15, 0.2) is 67.0 Å². The van der Waals surface area contributed by atoms with E-state index < -0.39 is 5.91 Å². The third kappa shape index (κ3) is 5.18. The summed E-state index contributed by atoms with van der Waals surface area (Å²) >= 11 is 0. The lowest BCUT2D eigenvalue weighted by atomic mass is 10.2. The molecule has 0 radical (unpaired) electrons. The molecule has 0 aliphatic carbocycles. The highest BCUT2D eigenvalue weighted by molar-refractivity contribution is 5.98. The second-order valence-electron chi connectivity index (χ2n) is 5.74. The first kappa shape index (κ1) is 18.2. The van der Waals surface area contributed by atoms with Crippen molar-refractivity contribution in [3.63, 3.8) is 0 Å². The summed E-state index contributed by atoms with van der Waals surface area (Å²) in [5.41, 5.74) is 1.95. The van der Waals surface area contributed by atoms with Gasteiger partial charge in [-0.25, -0.2) is 4.39 Å². The molecule has 2 aromatic heterocycles. The zero-order chi connectivity index (χ0) is 19.1. The quantitative estimate of drug-likeness (QED) is 0.704. The van der Waals surface area contributed by atoms with E-state index >= 15 is 0 Å². The Morgan fingerprint density at radius 1 is 0.852 bits per heavy atom. The second kappa shape index (κ2) is 8.66. The van der Waals surface area contributed by atoms with Gasteiger partial charge in [0.15, 0.2) is 0 Å². The summed E-state index contributed by atoms with van der Waals surface area (Å²) in [5, 5.41) is 5.44. The van der Waals surface area contributed by atoms with Gasteiger partial charge in [-0.1, -0.05) is 18.2 Å². The monoisotopic (exact) mass is 364 g/mol. The molecular formula is C20H17FN4O2. The van der Waals surface area contributed by atoms with Crippen molar-refractivity contribution < 1.29 is 14.0 Å². The summed E-state index contributed by atoms with van der Waals surface area (Å²) in [6.07, 6.45) is 3.05. The summed E-state index contributed by atoms with van der Waals surface area (Å²) in [5.74, 6) is -1.07. The van der Waals surface area contributed by atoms with E-state index in [1.807, 2.05) is 6.07 Å². The molecule has 0 spiro atoms. The maximum atomic E-state index is 12.9. The summed E-state index contributed by atoms with van der Waals surface area (Å²) < 4.78 is 12.9. The van der Waals surface area contributed by atoms with Crippen LogP contribution in [0.5, 0.6) is 0 Å². The van der Waals surface area contributed by atoms with Gasteiger partial charge in [0.2, 0.25) is 0 Å². The number of benzene rings is 1. The lowest BCUT2D eigenvalue weighted by Gasteiger charge is -2.07. The van der Waals surface area contributed by atoms with Gasteiger partial charge in [-0.15, -0.1) is 0 Å². The summed E-state index contributed by atoms with van der Waals surface area (Å²) in [4.78, 5) is 32.7. The molecule has 3 rings (SSSR count). The van der Waals surface area contributed by atoms with Gasteiger partial charge in [-0.3, -0.25) is 19.6 Å². The lowest BCUT2D eigenvalue weighted by Crippen LogP contribution is -2.26. The van der Waals surface area contributed by atoms with Crippen LogP contribution in [0.1, 0.15) is 32.1 Å². The molecule has 0 atom stereocenters. The number of hydrogen-bond donors (Lipinski definition) is 2. The van der Waals surface area contributed by atoms with Gasteiger partial charge >= 0.3 is 0 Å². The largest absolute Gasteiger partial charge is 0.348 e. The van der Waals surface area contributed by atoms with E-state index in [2.05, 4.69) is 20.6 Å². The van der Waals surface area contributed by atoms with E-state index in [1.54, 1.807) is 30.5 Å². The molecule has 7 heteroatoms. The number of hydrogen-bond acceptors (Lipinski definition) is 4. The zero-order valence-corrected chi connectivity index (χ0v) is 14.4. The zero-order valence-electron chi connectivity index (χ0n) is 14.4. The maximum absolute atomic E-state index is 12.9. The molecule has 0 saturated carbocycles. The smallest absolute Gasteiger partial charge is 0.270 e. The Bertz CT molecular complexity index is 930. The second-order valence-corrected chi connectivity index (χ2v) is 5.74.